The lowest BCUT2D eigenvalue weighted by Crippen LogP contribution is -2.62. The van der Waals surface area contributed by atoms with Crippen molar-refractivity contribution in [3.63, 3.8) is 0 Å². The zero-order valence-corrected chi connectivity index (χ0v) is 69.9. The third kappa shape index (κ3) is 35.5. The van der Waals surface area contributed by atoms with Gasteiger partial charge in [-0.3, -0.25) is 101 Å². The second-order valence-corrected chi connectivity index (χ2v) is 30.5. The summed E-state index contributed by atoms with van der Waals surface area (Å²) in [5, 5.41) is 86.0. The molecule has 0 aliphatic rings. The number of carbonyl (C=O) groups is 21. The molecule has 0 fully saturated rings. The smallest absolute Gasteiger partial charge is 0.305 e. The maximum atomic E-state index is 14.8. The topological polar surface area (TPSA) is 692 Å². The number of hydrogen-bond donors (Lipinski definition) is 22. The molecule has 125 heavy (non-hydrogen) atoms. The Balaban J connectivity index is 1.60. The molecule has 43 nitrogen and oxygen atoms in total. The highest BCUT2D eigenvalue weighted by Gasteiger charge is 2.41. The number of aromatic hydroxyl groups is 1. The van der Waals surface area contributed by atoms with E-state index in [4.69, 9.17) is 17.9 Å². The molecular weight excluding hydrogens is 1640 g/mol. The molecule has 0 aliphatic carbocycles. The number of phenolic OH excluding ortho intramolecular Hbond substituents is 1. The molecule has 15 unspecified atom stereocenters. The molecule has 43 heteroatoms. The minimum absolute atomic E-state index is 0.0780. The van der Waals surface area contributed by atoms with E-state index in [1.54, 1.807) is 48.5 Å². The van der Waals surface area contributed by atoms with Gasteiger partial charge in [0.1, 0.15) is 96.4 Å². The lowest BCUT2D eigenvalue weighted by Gasteiger charge is -2.32. The molecule has 0 heterocycles. The Morgan fingerprint density at radius 3 is 1.11 bits per heavy atom. The Morgan fingerprint density at radius 1 is 0.344 bits per heavy atom. The summed E-state index contributed by atoms with van der Waals surface area (Å²) >= 11 is 0. The van der Waals surface area contributed by atoms with Gasteiger partial charge in [0.15, 0.2) is 0 Å². The molecule has 0 spiro atoms. The number of nitrogens with two attached hydrogens (primary N) is 2. The Bertz CT molecular complexity index is 4680. The van der Waals surface area contributed by atoms with Gasteiger partial charge >= 0.3 is 23.9 Å². The summed E-state index contributed by atoms with van der Waals surface area (Å²) in [6.07, 6.45) is -2.62. The second-order valence-electron chi connectivity index (χ2n) is 30.5. The molecule has 24 N–H and O–H groups in total. The number of rotatable bonds is 50. The van der Waals surface area contributed by atoms with Crippen LogP contribution in [0, 0.1) is 17.8 Å². The summed E-state index contributed by atoms with van der Waals surface area (Å²) in [6.45, 7) is 11.8. The fourth-order valence-corrected chi connectivity index (χ4v) is 12.0. The largest absolute Gasteiger partial charge is 0.508 e. The van der Waals surface area contributed by atoms with Crippen LogP contribution in [0.2, 0.25) is 0 Å². The van der Waals surface area contributed by atoms with Crippen LogP contribution in [-0.2, 0) is 120 Å². The van der Waals surface area contributed by atoms with Crippen LogP contribution in [0.15, 0.2) is 97.1 Å². The van der Waals surface area contributed by atoms with E-state index in [9.17, 15) is 126 Å². The number of hydrogen-bond acceptors (Lipinski definition) is 22. The van der Waals surface area contributed by atoms with Crippen molar-refractivity contribution in [2.75, 3.05) is 0 Å². The van der Waals surface area contributed by atoms with Crippen LogP contribution < -0.4 is 91.2 Å². The first-order chi connectivity index (χ1) is 58.6. The number of primary amides is 2. The number of carboxylic acids is 4. The molecule has 0 bridgehead atoms. The number of terminal acetylenes is 1. The predicted molar refractivity (Wildman–Crippen MR) is 441 cm³/mol. The Labute approximate surface area is 716 Å². The summed E-state index contributed by atoms with van der Waals surface area (Å²) in [7, 11) is 0. The van der Waals surface area contributed by atoms with Crippen LogP contribution in [0.4, 0.5) is 0 Å². The Hall–Kier alpha value is -14.6. The lowest BCUT2D eigenvalue weighted by molar-refractivity contribution is -0.142. The predicted octanol–water partition coefficient (Wildman–Crippen LogP) is -4.54. The van der Waals surface area contributed by atoms with Gasteiger partial charge in [0.2, 0.25) is 100 Å². The third-order valence-corrected chi connectivity index (χ3v) is 19.0. The SMILES string of the molecule is C#CCCC(=O)NC(C)C(=O)NC(C)C(=O)NC(C)C(=O)NC(CC(N)=O)C(=O)NC(CCC(=O)O)C(=O)NC(Cc1cccc2ccccc12)C(=O)NC(C)C(=O)NC(C)C(=O)NC(CCC(=O)O)C(=O)NC(CC(=O)O)C(=O)NC(Cc1ccccc1)C(=O)NC(Cc1ccc(O)cc1)C(=O)NC(CC(=O)O)C(=O)NC(C(=O)NC(C)C(N)=O)C(C)(C)C. The molecule has 0 saturated heterocycles. The van der Waals surface area contributed by atoms with Crippen molar-refractivity contribution in [1.29, 1.82) is 0 Å². The Morgan fingerprint density at radius 2 is 0.680 bits per heavy atom. The van der Waals surface area contributed by atoms with Gasteiger partial charge in [0.05, 0.1) is 19.3 Å². The molecule has 17 amide bonds. The molecule has 4 rings (SSSR count). The second kappa shape index (κ2) is 49.3. The molecular formula is C82H107N17O26. The number of fused-ring (bicyclic) bond motifs is 1. The lowest BCUT2D eigenvalue weighted by atomic mass is 9.85. The van der Waals surface area contributed by atoms with Crippen molar-refractivity contribution in [2.45, 2.75) is 230 Å². The monoisotopic (exact) mass is 1750 g/mol. The van der Waals surface area contributed by atoms with Gasteiger partial charge in [-0.05, 0) is 99.4 Å². The van der Waals surface area contributed by atoms with E-state index >= 15 is 0 Å². The molecule has 4 aromatic rings. The number of nitrogens with one attached hydrogen (secondary N) is 15. The standard InChI is InChI=1S/C82H107N17O26/c1-11-12-25-61(102)85-41(3)68(112)87-42(4)69(113)89-45(7)72(116)93-57(37-60(83)101)78(122)92-53(31-33-63(105)106)74(118)96-56(36-49-23-18-22-48-21-16-17-24-51(48)49)75(119)90-43(5)70(114)88-44(6)71(115)91-52(30-32-62(103)104)73(117)97-58(38-64(107)108)79(123)95-54(34-46-19-14-13-15-20-46)76(120)94-55(35-47-26-28-50(100)29-27-47)77(121)98-59(39-65(109)110)80(124)99-66(82(8,9)10)81(125)86-40(2)67(84)111/h1,13-24,26-29,40-45,52-59,66,100H,12,25,30-39H2,2-10H3,(H2,83,101)(H2,84,111)(H,85,102)(H,86,125)(H,87,112)(H,88,114)(H,89,113)(H,90,119)(H,91,115)(H,92,122)(H,93,116)(H,94,120)(H,95,123)(H,96,118)(H,97,117)(H,98,121)(H,99,124)(H,103,104)(H,105,106)(H,107,108)(H,109,110). The zero-order valence-electron chi connectivity index (χ0n) is 69.9. The van der Waals surface area contributed by atoms with E-state index in [2.05, 4.69) is 85.7 Å². The maximum Gasteiger partial charge on any atom is 0.305 e. The van der Waals surface area contributed by atoms with Gasteiger partial charge < -0.3 is 117 Å². The van der Waals surface area contributed by atoms with E-state index in [-0.39, 0.29) is 30.6 Å². The minimum atomic E-state index is -2.19. The van der Waals surface area contributed by atoms with Gasteiger partial charge in [0, 0.05) is 44.9 Å². The van der Waals surface area contributed by atoms with Crippen LogP contribution >= 0.6 is 0 Å². The first-order valence-electron chi connectivity index (χ1n) is 39.3. The number of phenols is 1. The normalized spacial score (nSPS) is 14.6. The molecule has 4 aromatic carbocycles. The van der Waals surface area contributed by atoms with Gasteiger partial charge in [-0.15, -0.1) is 12.3 Å². The van der Waals surface area contributed by atoms with Gasteiger partial charge in [-0.1, -0.05) is 106 Å². The zero-order chi connectivity index (χ0) is 93.9. The third-order valence-electron chi connectivity index (χ3n) is 19.0. The summed E-state index contributed by atoms with van der Waals surface area (Å²) < 4.78 is 0. The highest BCUT2D eigenvalue weighted by Crippen LogP contribution is 2.23. The van der Waals surface area contributed by atoms with Gasteiger partial charge in [-0.25, -0.2) is 0 Å². The number of benzene rings is 4. The molecule has 0 radical (unpaired) electrons. The maximum absolute atomic E-state index is 14.8. The van der Waals surface area contributed by atoms with Gasteiger partial charge in [0.25, 0.3) is 0 Å². The van der Waals surface area contributed by atoms with E-state index in [0.717, 1.165) is 20.8 Å². The van der Waals surface area contributed by atoms with Crippen LogP contribution in [-0.4, -0.2) is 240 Å². The minimum Gasteiger partial charge on any atom is -0.508 e. The quantitative estimate of drug-likeness (QED) is 0.0185. The highest BCUT2D eigenvalue weighted by atomic mass is 16.4. The van der Waals surface area contributed by atoms with Crippen LogP contribution in [0.25, 0.3) is 10.8 Å². The first-order valence-corrected chi connectivity index (χ1v) is 39.3. The van der Waals surface area contributed by atoms with E-state index in [1.165, 1.54) is 90.1 Å². The number of carbonyl (C=O) groups excluding carboxylic acids is 17. The molecule has 0 saturated carbocycles. The first kappa shape index (κ1) is 103. The van der Waals surface area contributed by atoms with Crippen molar-refractivity contribution in [2.24, 2.45) is 16.9 Å². The van der Waals surface area contributed by atoms with Crippen LogP contribution in [0.1, 0.15) is 137 Å². The van der Waals surface area contributed by atoms with Crippen molar-refractivity contribution in [3.05, 3.63) is 114 Å². The van der Waals surface area contributed by atoms with Gasteiger partial charge in [-0.2, -0.15) is 0 Å². The van der Waals surface area contributed by atoms with Crippen molar-refractivity contribution < 1.29 is 126 Å². The van der Waals surface area contributed by atoms with Crippen molar-refractivity contribution >= 4 is 135 Å². The number of carboxylic acid groups (broad SMARTS) is 4. The average molecular weight is 1750 g/mol. The summed E-state index contributed by atoms with van der Waals surface area (Å²) in [4.78, 5) is 282. The number of aliphatic carboxylic acids is 4. The fraction of sp³-hybridized carbons (Fsp3) is 0.451. The molecule has 676 valence electrons. The Kier molecular flexibility index (Phi) is 40.5. The van der Waals surface area contributed by atoms with Crippen LogP contribution in [0.5, 0.6) is 5.75 Å². The van der Waals surface area contributed by atoms with Crippen LogP contribution in [0.3, 0.4) is 0 Å². The average Bonchev–Trinajstić information content (AvgIpc) is 0.820. The molecule has 0 aromatic heterocycles. The summed E-state index contributed by atoms with van der Waals surface area (Å²) in [5.41, 5.74) is 10.6. The van der Waals surface area contributed by atoms with E-state index in [0.29, 0.717) is 21.9 Å². The fourth-order valence-electron chi connectivity index (χ4n) is 12.0. The van der Waals surface area contributed by atoms with E-state index < -0.39 is 278 Å². The van der Waals surface area contributed by atoms with Crippen molar-refractivity contribution in [1.82, 2.24) is 79.8 Å². The highest BCUT2D eigenvalue weighted by molar-refractivity contribution is 6.03. The molecule has 0 aliphatic heterocycles. The van der Waals surface area contributed by atoms with E-state index in [1.807, 2.05) is 0 Å². The number of amides is 17. The van der Waals surface area contributed by atoms with Crippen molar-refractivity contribution in [3.8, 4) is 18.1 Å². The summed E-state index contributed by atoms with van der Waals surface area (Å²) in [5.74, 6) is -23.2. The summed E-state index contributed by atoms with van der Waals surface area (Å²) in [6, 6.07) is -0.877. The molecule has 15 atom stereocenters.